The quantitative estimate of drug-likeness (QED) is 0.522. The van der Waals surface area contributed by atoms with Crippen molar-refractivity contribution in [2.24, 2.45) is 0 Å². The number of nitriles is 1. The summed E-state index contributed by atoms with van der Waals surface area (Å²) in [5.41, 5.74) is 0.505. The average Bonchev–Trinajstić information content (AvgIpc) is 1.96. The molecule has 1 aromatic carbocycles. The lowest BCUT2D eigenvalue weighted by Crippen LogP contribution is -1.80. The molecule has 0 radical (unpaired) electrons. The van der Waals surface area contributed by atoms with Gasteiger partial charge in [0.05, 0.1) is 10.6 Å². The van der Waals surface area contributed by atoms with Crippen molar-refractivity contribution in [1.82, 2.24) is 0 Å². The molecule has 0 fully saturated rings. The van der Waals surface area contributed by atoms with Crippen molar-refractivity contribution in [3.8, 4) is 6.07 Å². The maximum atomic E-state index is 8.61. The van der Waals surface area contributed by atoms with Crippen LogP contribution in [0.3, 0.4) is 0 Å². The van der Waals surface area contributed by atoms with Gasteiger partial charge in [-0.3, -0.25) is 0 Å². The maximum Gasteiger partial charge on any atom is 0.101 e. The van der Waals surface area contributed by atoms with Crippen LogP contribution in [0.15, 0.2) is 16.6 Å². The van der Waals surface area contributed by atoms with Crippen LogP contribution in [0, 0.1) is 14.9 Å². The highest BCUT2D eigenvalue weighted by Gasteiger charge is 2.04. The van der Waals surface area contributed by atoms with Gasteiger partial charge in [0.25, 0.3) is 0 Å². The van der Waals surface area contributed by atoms with Crippen LogP contribution in [0.1, 0.15) is 5.56 Å². The van der Waals surface area contributed by atoms with Crippen LogP contribution >= 0.6 is 50.1 Å². The van der Waals surface area contributed by atoms with E-state index in [4.69, 9.17) is 16.9 Å². The normalized spacial score (nSPS) is 9.27. The molecule has 0 amide bonds. The van der Waals surface area contributed by atoms with Gasteiger partial charge in [0, 0.05) is 8.04 Å². The summed E-state index contributed by atoms with van der Waals surface area (Å²) in [6.07, 6.45) is 0. The number of nitrogens with zero attached hydrogens (tertiary/aromatic N) is 1. The van der Waals surface area contributed by atoms with E-state index in [0.717, 1.165) is 8.04 Å². The second kappa shape index (κ2) is 3.74. The Morgan fingerprint density at radius 1 is 1.55 bits per heavy atom. The minimum atomic E-state index is 0.480. The van der Waals surface area contributed by atoms with Gasteiger partial charge in [-0.1, -0.05) is 11.6 Å². The molecule has 0 aromatic heterocycles. The fourth-order valence-electron chi connectivity index (χ4n) is 0.637. The minimum Gasteiger partial charge on any atom is -0.192 e. The van der Waals surface area contributed by atoms with Crippen LogP contribution in [0.2, 0.25) is 5.02 Å². The fraction of sp³-hybridized carbons (Fsp3) is 0. The Morgan fingerprint density at radius 3 is 2.73 bits per heavy atom. The van der Waals surface area contributed by atoms with Crippen molar-refractivity contribution in [3.63, 3.8) is 0 Å². The van der Waals surface area contributed by atoms with E-state index in [-0.39, 0.29) is 0 Å². The second-order valence-corrected chi connectivity index (χ2v) is 4.34. The van der Waals surface area contributed by atoms with Gasteiger partial charge in [0.1, 0.15) is 6.07 Å². The predicted molar refractivity (Wildman–Crippen MR) is 56.6 cm³/mol. The first-order valence-corrected chi connectivity index (χ1v) is 4.94. The zero-order valence-corrected chi connectivity index (χ0v) is 9.74. The van der Waals surface area contributed by atoms with Crippen LogP contribution in [0.25, 0.3) is 0 Å². The van der Waals surface area contributed by atoms with Gasteiger partial charge in [-0.15, -0.1) is 0 Å². The van der Waals surface area contributed by atoms with Crippen molar-refractivity contribution in [1.29, 1.82) is 5.26 Å². The molecule has 1 aromatic rings. The van der Waals surface area contributed by atoms with Crippen molar-refractivity contribution < 1.29 is 0 Å². The smallest absolute Gasteiger partial charge is 0.101 e. The zero-order valence-electron chi connectivity index (χ0n) is 5.24. The van der Waals surface area contributed by atoms with Gasteiger partial charge < -0.3 is 0 Å². The number of benzene rings is 1. The third-order valence-electron chi connectivity index (χ3n) is 1.11. The highest BCUT2D eigenvalue weighted by molar-refractivity contribution is 14.1. The van der Waals surface area contributed by atoms with E-state index in [9.17, 15) is 0 Å². The fourth-order valence-corrected chi connectivity index (χ4v) is 2.30. The first-order chi connectivity index (χ1) is 5.15. The molecule has 0 aliphatic rings. The summed E-state index contributed by atoms with van der Waals surface area (Å²) in [5.74, 6) is 0. The van der Waals surface area contributed by atoms with Gasteiger partial charge in [-0.2, -0.15) is 5.26 Å². The van der Waals surface area contributed by atoms with Gasteiger partial charge in [0.2, 0.25) is 0 Å². The highest BCUT2D eigenvalue weighted by Crippen LogP contribution is 2.27. The standard InChI is InChI=1S/C7H2BrClIN/c8-6-2-5(10)1-4(3-11)7(6)9/h1-2H. The average molecular weight is 342 g/mol. The Hall–Kier alpha value is 0.210. The lowest BCUT2D eigenvalue weighted by molar-refractivity contribution is 1.46. The summed E-state index contributed by atoms with van der Waals surface area (Å²) in [5, 5.41) is 9.09. The SMILES string of the molecule is N#Cc1cc(I)cc(Br)c1Cl. The first-order valence-electron chi connectivity index (χ1n) is 2.70. The van der Waals surface area contributed by atoms with Crippen molar-refractivity contribution in [2.45, 2.75) is 0 Å². The number of hydrogen-bond acceptors (Lipinski definition) is 1. The Balaban J connectivity index is 3.39. The summed E-state index contributed by atoms with van der Waals surface area (Å²) in [6.45, 7) is 0. The number of rotatable bonds is 0. The van der Waals surface area contributed by atoms with Crippen LogP contribution in [0.4, 0.5) is 0 Å². The summed E-state index contributed by atoms with van der Waals surface area (Å²) >= 11 is 11.2. The van der Waals surface area contributed by atoms with E-state index < -0.39 is 0 Å². The van der Waals surface area contributed by atoms with E-state index in [0.29, 0.717) is 10.6 Å². The summed E-state index contributed by atoms with van der Waals surface area (Å²) in [6, 6.07) is 5.62. The summed E-state index contributed by atoms with van der Waals surface area (Å²) < 4.78 is 1.76. The molecule has 56 valence electrons. The first kappa shape index (κ1) is 9.30. The number of halogens is 3. The van der Waals surface area contributed by atoms with Crippen LogP contribution in [-0.4, -0.2) is 0 Å². The molecule has 0 N–H and O–H groups in total. The van der Waals surface area contributed by atoms with E-state index in [2.05, 4.69) is 38.5 Å². The molecule has 4 heteroatoms. The van der Waals surface area contributed by atoms with Gasteiger partial charge in [-0.25, -0.2) is 0 Å². The summed E-state index contributed by atoms with van der Waals surface area (Å²) in [4.78, 5) is 0. The van der Waals surface area contributed by atoms with E-state index in [1.807, 2.05) is 12.1 Å². The minimum absolute atomic E-state index is 0.480. The molecule has 11 heavy (non-hydrogen) atoms. The monoisotopic (exact) mass is 341 g/mol. The lowest BCUT2D eigenvalue weighted by Gasteiger charge is -1.98. The molecule has 1 rings (SSSR count). The summed E-state index contributed by atoms with van der Waals surface area (Å²) in [7, 11) is 0. The molecule has 0 heterocycles. The van der Waals surface area contributed by atoms with Crippen LogP contribution < -0.4 is 0 Å². The molecule has 0 saturated heterocycles. The van der Waals surface area contributed by atoms with Crippen molar-refractivity contribution in [3.05, 3.63) is 30.8 Å². The predicted octanol–water partition coefficient (Wildman–Crippen LogP) is 3.58. The molecular weight excluding hydrogens is 340 g/mol. The maximum absolute atomic E-state index is 8.61. The largest absolute Gasteiger partial charge is 0.192 e. The van der Waals surface area contributed by atoms with Crippen molar-refractivity contribution in [2.75, 3.05) is 0 Å². The molecule has 0 bridgehead atoms. The lowest BCUT2D eigenvalue weighted by atomic mass is 10.2. The van der Waals surface area contributed by atoms with Crippen LogP contribution in [0.5, 0.6) is 0 Å². The Kier molecular flexibility index (Phi) is 3.16. The van der Waals surface area contributed by atoms with E-state index >= 15 is 0 Å². The van der Waals surface area contributed by atoms with Gasteiger partial charge in [-0.05, 0) is 50.7 Å². The van der Waals surface area contributed by atoms with Gasteiger partial charge >= 0.3 is 0 Å². The van der Waals surface area contributed by atoms with Crippen LogP contribution in [-0.2, 0) is 0 Å². The Bertz CT molecular complexity index is 332. The van der Waals surface area contributed by atoms with E-state index in [1.54, 1.807) is 6.07 Å². The third-order valence-corrected chi connectivity index (χ3v) is 3.00. The van der Waals surface area contributed by atoms with E-state index in [1.165, 1.54) is 0 Å². The van der Waals surface area contributed by atoms with Gasteiger partial charge in [0.15, 0.2) is 0 Å². The topological polar surface area (TPSA) is 23.8 Å². The molecule has 1 nitrogen and oxygen atoms in total. The molecule has 0 unspecified atom stereocenters. The highest BCUT2D eigenvalue weighted by atomic mass is 127. The molecule has 0 saturated carbocycles. The molecule has 0 aliphatic carbocycles. The Labute approximate surface area is 91.6 Å². The molecular formula is C7H2BrClIN. The zero-order chi connectivity index (χ0) is 8.43. The second-order valence-electron chi connectivity index (χ2n) is 1.86. The molecule has 0 aliphatic heterocycles. The third kappa shape index (κ3) is 2.08. The van der Waals surface area contributed by atoms with Crippen molar-refractivity contribution >= 4 is 50.1 Å². The molecule has 0 atom stereocenters. The Morgan fingerprint density at radius 2 is 2.18 bits per heavy atom. The molecule has 0 spiro atoms. The number of hydrogen-bond donors (Lipinski definition) is 0.